The highest BCUT2D eigenvalue weighted by atomic mass is 16.3. The van der Waals surface area contributed by atoms with Crippen LogP contribution in [0.3, 0.4) is 0 Å². The molecule has 0 fully saturated rings. The molecular weight excluding hydrogens is 210 g/mol. The van der Waals surface area contributed by atoms with Crippen molar-refractivity contribution in [1.29, 1.82) is 0 Å². The van der Waals surface area contributed by atoms with Gasteiger partial charge in [-0.25, -0.2) is 4.98 Å². The minimum atomic E-state index is -0.486. The van der Waals surface area contributed by atoms with E-state index in [0.717, 1.165) is 0 Å². The van der Waals surface area contributed by atoms with Crippen LogP contribution in [0.4, 0.5) is 5.95 Å². The van der Waals surface area contributed by atoms with Gasteiger partial charge in [-0.1, -0.05) is 6.92 Å². The Morgan fingerprint density at radius 2 is 2.44 bits per heavy atom. The first-order valence-electron chi connectivity index (χ1n) is 5.00. The lowest BCUT2D eigenvalue weighted by molar-refractivity contribution is 0.151. The molecule has 1 atom stereocenters. The lowest BCUT2D eigenvalue weighted by Gasteiger charge is -2.08. The maximum atomic E-state index is 11.5. The highest BCUT2D eigenvalue weighted by Crippen LogP contribution is 2.07. The maximum Gasteiger partial charge on any atom is 0.280 e. The third kappa shape index (κ3) is 1.76. The van der Waals surface area contributed by atoms with Crippen LogP contribution < -0.4 is 11.3 Å². The molecule has 0 saturated heterocycles. The average molecular weight is 223 g/mol. The topological polar surface area (TPSA) is 110 Å². The quantitative estimate of drug-likeness (QED) is 0.648. The summed E-state index contributed by atoms with van der Waals surface area (Å²) in [4.78, 5) is 21.8. The lowest BCUT2D eigenvalue weighted by Crippen LogP contribution is -2.16. The van der Waals surface area contributed by atoms with Crippen molar-refractivity contribution in [3.05, 3.63) is 16.7 Å². The number of hydrogen-bond donors (Lipinski definition) is 3. The van der Waals surface area contributed by atoms with E-state index in [1.807, 2.05) is 6.92 Å². The Morgan fingerprint density at radius 1 is 1.69 bits per heavy atom. The van der Waals surface area contributed by atoms with Gasteiger partial charge in [0.15, 0.2) is 11.2 Å². The first-order valence-corrected chi connectivity index (χ1v) is 5.00. The van der Waals surface area contributed by atoms with Gasteiger partial charge in [-0.15, -0.1) is 0 Å². The van der Waals surface area contributed by atoms with Crippen molar-refractivity contribution in [3.63, 3.8) is 0 Å². The normalized spacial score (nSPS) is 13.1. The Hall–Kier alpha value is -1.89. The van der Waals surface area contributed by atoms with Crippen molar-refractivity contribution >= 4 is 17.1 Å². The van der Waals surface area contributed by atoms with E-state index in [0.29, 0.717) is 18.6 Å². The predicted molar refractivity (Wildman–Crippen MR) is 58.9 cm³/mol. The second kappa shape index (κ2) is 3.93. The summed E-state index contributed by atoms with van der Waals surface area (Å²) >= 11 is 0. The number of nitrogen functional groups attached to an aromatic ring is 1. The molecule has 0 aromatic carbocycles. The zero-order valence-electron chi connectivity index (χ0n) is 8.84. The second-order valence-corrected chi connectivity index (χ2v) is 3.58. The molecule has 2 rings (SSSR count). The van der Waals surface area contributed by atoms with E-state index in [1.54, 1.807) is 4.57 Å². The number of aromatic amines is 1. The van der Waals surface area contributed by atoms with Gasteiger partial charge in [-0.3, -0.25) is 9.78 Å². The lowest BCUT2D eigenvalue weighted by atomic mass is 10.3. The zero-order valence-corrected chi connectivity index (χ0v) is 8.84. The number of aliphatic hydroxyl groups excluding tert-OH is 1. The number of H-pyrrole nitrogens is 1. The van der Waals surface area contributed by atoms with Crippen molar-refractivity contribution in [2.75, 3.05) is 5.73 Å². The van der Waals surface area contributed by atoms with Gasteiger partial charge in [-0.05, 0) is 6.42 Å². The molecular formula is C9H13N5O2. The number of nitrogens with one attached hydrogen (secondary N) is 1. The van der Waals surface area contributed by atoms with Crippen LogP contribution in [0.15, 0.2) is 11.1 Å². The van der Waals surface area contributed by atoms with E-state index in [1.165, 1.54) is 6.33 Å². The van der Waals surface area contributed by atoms with Crippen LogP contribution in [0, 0.1) is 0 Å². The van der Waals surface area contributed by atoms with Crippen LogP contribution in [0.25, 0.3) is 11.2 Å². The van der Waals surface area contributed by atoms with E-state index < -0.39 is 6.10 Å². The molecule has 2 aromatic rings. The van der Waals surface area contributed by atoms with Crippen LogP contribution in [-0.4, -0.2) is 30.7 Å². The molecule has 7 nitrogen and oxygen atoms in total. The highest BCUT2D eigenvalue weighted by molar-refractivity contribution is 5.70. The zero-order chi connectivity index (χ0) is 11.7. The number of nitrogens with zero attached hydrogens (tertiary/aromatic N) is 3. The van der Waals surface area contributed by atoms with Crippen molar-refractivity contribution in [2.45, 2.75) is 26.0 Å². The molecule has 0 saturated carbocycles. The van der Waals surface area contributed by atoms with Crippen molar-refractivity contribution in [3.8, 4) is 0 Å². The minimum Gasteiger partial charge on any atom is -0.391 e. The minimum absolute atomic E-state index is 0.0465. The molecule has 0 bridgehead atoms. The fourth-order valence-electron chi connectivity index (χ4n) is 1.46. The first kappa shape index (κ1) is 10.6. The summed E-state index contributed by atoms with van der Waals surface area (Å²) in [6, 6.07) is 0. The van der Waals surface area contributed by atoms with E-state index >= 15 is 0 Å². The van der Waals surface area contributed by atoms with Gasteiger partial charge in [0.25, 0.3) is 5.56 Å². The van der Waals surface area contributed by atoms with E-state index in [2.05, 4.69) is 15.0 Å². The van der Waals surface area contributed by atoms with Crippen molar-refractivity contribution < 1.29 is 5.11 Å². The Bertz CT molecular complexity index is 559. The van der Waals surface area contributed by atoms with Gasteiger partial charge >= 0.3 is 0 Å². The molecule has 0 aliphatic carbocycles. The molecule has 0 aliphatic rings. The largest absolute Gasteiger partial charge is 0.391 e. The van der Waals surface area contributed by atoms with E-state index in [9.17, 15) is 9.90 Å². The molecule has 0 aliphatic heterocycles. The average Bonchev–Trinajstić information content (AvgIpc) is 2.61. The van der Waals surface area contributed by atoms with Crippen LogP contribution in [-0.2, 0) is 6.54 Å². The van der Waals surface area contributed by atoms with Crippen LogP contribution in [0.2, 0.25) is 0 Å². The van der Waals surface area contributed by atoms with Gasteiger partial charge in [0.05, 0.1) is 19.0 Å². The fourth-order valence-corrected chi connectivity index (χ4v) is 1.46. The summed E-state index contributed by atoms with van der Waals surface area (Å²) in [5.41, 5.74) is 5.71. The van der Waals surface area contributed by atoms with Gasteiger partial charge < -0.3 is 15.4 Å². The summed E-state index contributed by atoms with van der Waals surface area (Å²) in [5, 5.41) is 9.53. The maximum absolute atomic E-state index is 11.5. The molecule has 0 radical (unpaired) electrons. The Morgan fingerprint density at radius 3 is 3.12 bits per heavy atom. The highest BCUT2D eigenvalue weighted by Gasteiger charge is 2.11. The molecule has 7 heteroatoms. The summed E-state index contributed by atoms with van der Waals surface area (Å²) in [5.74, 6) is 0.0465. The summed E-state index contributed by atoms with van der Waals surface area (Å²) in [7, 11) is 0. The number of aromatic nitrogens is 4. The molecule has 0 amide bonds. The van der Waals surface area contributed by atoms with Crippen LogP contribution >= 0.6 is 0 Å². The fraction of sp³-hybridized carbons (Fsp3) is 0.444. The van der Waals surface area contributed by atoms with Crippen molar-refractivity contribution in [2.24, 2.45) is 0 Å². The number of nitrogens with two attached hydrogens (primary N) is 1. The molecule has 4 N–H and O–H groups in total. The van der Waals surface area contributed by atoms with Gasteiger partial charge in [-0.2, -0.15) is 4.98 Å². The Labute approximate surface area is 90.9 Å². The predicted octanol–water partition coefficient (Wildman–Crippen LogP) is -0.527. The monoisotopic (exact) mass is 223 g/mol. The molecule has 2 heterocycles. The van der Waals surface area contributed by atoms with Crippen molar-refractivity contribution in [1.82, 2.24) is 19.5 Å². The first-order chi connectivity index (χ1) is 7.61. The van der Waals surface area contributed by atoms with E-state index in [-0.39, 0.29) is 17.0 Å². The smallest absolute Gasteiger partial charge is 0.280 e. The van der Waals surface area contributed by atoms with Crippen LogP contribution in [0.5, 0.6) is 0 Å². The summed E-state index contributed by atoms with van der Waals surface area (Å²) < 4.78 is 1.62. The molecule has 0 spiro atoms. The Kier molecular flexibility index (Phi) is 2.61. The van der Waals surface area contributed by atoms with Gasteiger partial charge in [0.1, 0.15) is 0 Å². The number of anilines is 1. The molecule has 0 unspecified atom stereocenters. The number of hydrogen-bond acceptors (Lipinski definition) is 5. The summed E-state index contributed by atoms with van der Waals surface area (Å²) in [6.07, 6.45) is 1.61. The second-order valence-electron chi connectivity index (χ2n) is 3.58. The van der Waals surface area contributed by atoms with Crippen LogP contribution in [0.1, 0.15) is 13.3 Å². The number of rotatable bonds is 3. The number of aliphatic hydroxyl groups is 1. The third-order valence-corrected chi connectivity index (χ3v) is 2.37. The SMILES string of the molecule is CC[C@@H](O)Cn1cnc2c(=O)[nH]c(N)nc21. The molecule has 16 heavy (non-hydrogen) atoms. The summed E-state index contributed by atoms with van der Waals surface area (Å²) in [6.45, 7) is 2.22. The molecule has 2 aromatic heterocycles. The Balaban J connectivity index is 2.51. The third-order valence-electron chi connectivity index (χ3n) is 2.37. The molecule has 86 valence electrons. The number of imidazole rings is 1. The van der Waals surface area contributed by atoms with Gasteiger partial charge in [0.2, 0.25) is 5.95 Å². The van der Waals surface area contributed by atoms with Gasteiger partial charge in [0, 0.05) is 0 Å². The standard InChI is InChI=1S/C9H13N5O2/c1-2-5(15)3-14-4-11-6-7(14)12-9(10)13-8(6)16/h4-5,15H,2-3H2,1H3,(H3,10,12,13,16)/t5-/m1/s1. The number of fused-ring (bicyclic) bond motifs is 1. The van der Waals surface area contributed by atoms with E-state index in [4.69, 9.17) is 5.73 Å².